The molecule has 1 amide bonds. The Bertz CT molecular complexity index is 475. The summed E-state index contributed by atoms with van der Waals surface area (Å²) in [6.45, 7) is 2.13. The van der Waals surface area contributed by atoms with Gasteiger partial charge in [-0.25, -0.2) is 4.79 Å². The number of amides is 1. The molecule has 1 aliphatic rings. The second-order valence-corrected chi connectivity index (χ2v) is 7.26. The van der Waals surface area contributed by atoms with Crippen LogP contribution in [0.15, 0.2) is 17.5 Å². The van der Waals surface area contributed by atoms with Gasteiger partial charge >= 0.3 is 5.97 Å². The normalized spacial score (nSPS) is 21.7. The molecule has 2 atom stereocenters. The average Bonchev–Trinajstić information content (AvgIpc) is 3.10. The van der Waals surface area contributed by atoms with E-state index in [2.05, 4.69) is 6.92 Å². The van der Waals surface area contributed by atoms with Crippen molar-refractivity contribution in [3.05, 3.63) is 22.4 Å². The Morgan fingerprint density at radius 1 is 1.38 bits per heavy atom. The van der Waals surface area contributed by atoms with Crippen LogP contribution in [0.1, 0.15) is 49.3 Å². The summed E-state index contributed by atoms with van der Waals surface area (Å²) >= 11 is 3.13. The molecule has 0 bridgehead atoms. The number of rotatable bonds is 7. The summed E-state index contributed by atoms with van der Waals surface area (Å²) in [6, 6.07) is 3.23. The van der Waals surface area contributed by atoms with E-state index in [0.29, 0.717) is 12.2 Å². The number of carboxylic acid groups (broad SMARTS) is 1. The fraction of sp³-hybridized carbons (Fsp3) is 0.600. The molecule has 1 saturated heterocycles. The Morgan fingerprint density at radius 3 is 2.81 bits per heavy atom. The van der Waals surface area contributed by atoms with Gasteiger partial charge in [-0.2, -0.15) is 0 Å². The molecule has 0 spiro atoms. The van der Waals surface area contributed by atoms with Gasteiger partial charge in [0.1, 0.15) is 11.4 Å². The third-order valence-corrected chi connectivity index (χ3v) is 5.98. The summed E-state index contributed by atoms with van der Waals surface area (Å²) in [6.07, 6.45) is 4.58. The fourth-order valence-corrected chi connectivity index (χ4v) is 4.89. The molecule has 0 aliphatic carbocycles. The van der Waals surface area contributed by atoms with Gasteiger partial charge in [0.05, 0.1) is 0 Å². The van der Waals surface area contributed by atoms with Crippen LogP contribution in [0, 0.1) is 0 Å². The van der Waals surface area contributed by atoms with E-state index in [9.17, 15) is 14.7 Å². The highest BCUT2D eigenvalue weighted by Crippen LogP contribution is 2.43. The molecule has 0 saturated carbocycles. The Labute approximate surface area is 133 Å². The Balaban J connectivity index is 2.05. The number of nitrogens with zero attached hydrogens (tertiary/aromatic N) is 1. The first kappa shape index (κ1) is 16.4. The van der Waals surface area contributed by atoms with Gasteiger partial charge in [-0.3, -0.25) is 4.79 Å². The van der Waals surface area contributed by atoms with E-state index in [0.717, 1.165) is 30.6 Å². The number of carbonyl (C=O) groups excluding carboxylic acids is 1. The van der Waals surface area contributed by atoms with Gasteiger partial charge in [0.2, 0.25) is 5.91 Å². The molecular weight excluding hydrogens is 306 g/mol. The predicted molar refractivity (Wildman–Crippen MR) is 86.5 cm³/mol. The molecule has 1 aliphatic heterocycles. The maximum Gasteiger partial charge on any atom is 0.327 e. The van der Waals surface area contributed by atoms with Crippen LogP contribution in [0.3, 0.4) is 0 Å². The topological polar surface area (TPSA) is 57.6 Å². The van der Waals surface area contributed by atoms with Gasteiger partial charge in [0, 0.05) is 17.1 Å². The fourth-order valence-electron chi connectivity index (χ4n) is 2.48. The van der Waals surface area contributed by atoms with Gasteiger partial charge in [0.15, 0.2) is 0 Å². The lowest BCUT2D eigenvalue weighted by Gasteiger charge is -2.26. The number of carbonyl (C=O) groups is 2. The van der Waals surface area contributed by atoms with Gasteiger partial charge in [-0.15, -0.1) is 23.1 Å². The van der Waals surface area contributed by atoms with Crippen molar-refractivity contribution in [2.45, 2.75) is 50.4 Å². The molecule has 0 radical (unpaired) electrons. The van der Waals surface area contributed by atoms with Crippen LogP contribution >= 0.6 is 23.1 Å². The highest BCUT2D eigenvalue weighted by Gasteiger charge is 2.42. The first-order chi connectivity index (χ1) is 10.1. The zero-order valence-corrected chi connectivity index (χ0v) is 13.8. The van der Waals surface area contributed by atoms with Crippen molar-refractivity contribution in [3.63, 3.8) is 0 Å². The number of hydrogen-bond donors (Lipinski definition) is 1. The zero-order valence-electron chi connectivity index (χ0n) is 12.2. The molecule has 1 fully saturated rings. The van der Waals surface area contributed by atoms with Crippen LogP contribution in [0.5, 0.6) is 0 Å². The lowest BCUT2D eigenvalue weighted by molar-refractivity contribution is -0.149. The van der Waals surface area contributed by atoms with E-state index in [-0.39, 0.29) is 11.3 Å². The molecule has 116 valence electrons. The maximum absolute atomic E-state index is 12.5. The number of thioether (sulfide) groups is 1. The molecule has 4 nitrogen and oxygen atoms in total. The molecule has 1 aromatic rings. The summed E-state index contributed by atoms with van der Waals surface area (Å²) in [5.74, 6) is -0.455. The summed E-state index contributed by atoms with van der Waals surface area (Å²) in [4.78, 5) is 26.5. The Kier molecular flexibility index (Phi) is 6.11. The second-order valence-electron chi connectivity index (χ2n) is 5.17. The molecule has 2 unspecified atom stereocenters. The smallest absolute Gasteiger partial charge is 0.327 e. The SMILES string of the molecule is CCCCCCC(=O)N1C(C(=O)O)CSC1c1cccs1. The summed E-state index contributed by atoms with van der Waals surface area (Å²) in [5, 5.41) is 11.2. The quantitative estimate of drug-likeness (QED) is 0.775. The lowest BCUT2D eigenvalue weighted by Crippen LogP contribution is -2.42. The van der Waals surface area contributed by atoms with Crippen molar-refractivity contribution >= 4 is 35.0 Å². The van der Waals surface area contributed by atoms with Gasteiger partial charge < -0.3 is 10.0 Å². The van der Waals surface area contributed by atoms with Crippen LogP contribution in [0.25, 0.3) is 0 Å². The largest absolute Gasteiger partial charge is 0.480 e. The predicted octanol–water partition coefficient (Wildman–Crippen LogP) is 3.75. The van der Waals surface area contributed by atoms with Crippen molar-refractivity contribution < 1.29 is 14.7 Å². The summed E-state index contributed by atoms with van der Waals surface area (Å²) in [7, 11) is 0. The van der Waals surface area contributed by atoms with E-state index in [1.807, 2.05) is 17.5 Å². The molecular formula is C15H21NO3S2. The van der Waals surface area contributed by atoms with Gasteiger partial charge in [0.25, 0.3) is 0 Å². The first-order valence-corrected chi connectivity index (χ1v) is 9.27. The molecule has 6 heteroatoms. The minimum absolute atomic E-state index is 0.0260. The van der Waals surface area contributed by atoms with Crippen molar-refractivity contribution in [1.82, 2.24) is 4.90 Å². The summed E-state index contributed by atoms with van der Waals surface area (Å²) < 4.78 is 0. The van der Waals surface area contributed by atoms with Crippen LogP contribution in [0.2, 0.25) is 0 Å². The van der Waals surface area contributed by atoms with Crippen molar-refractivity contribution in [3.8, 4) is 0 Å². The third kappa shape index (κ3) is 4.01. The van der Waals surface area contributed by atoms with E-state index in [4.69, 9.17) is 0 Å². The molecule has 2 rings (SSSR count). The zero-order chi connectivity index (χ0) is 15.2. The Hall–Kier alpha value is -1.01. The molecule has 2 heterocycles. The lowest BCUT2D eigenvalue weighted by atomic mass is 10.1. The van der Waals surface area contributed by atoms with Crippen LogP contribution in [-0.2, 0) is 9.59 Å². The van der Waals surface area contributed by atoms with E-state index in [1.54, 1.807) is 28.0 Å². The Morgan fingerprint density at radius 2 is 2.19 bits per heavy atom. The number of carboxylic acids is 1. The van der Waals surface area contributed by atoms with Crippen molar-refractivity contribution in [1.29, 1.82) is 0 Å². The van der Waals surface area contributed by atoms with Crippen LogP contribution < -0.4 is 0 Å². The molecule has 0 aromatic carbocycles. The molecule has 1 aromatic heterocycles. The number of hydrogen-bond acceptors (Lipinski definition) is 4. The average molecular weight is 327 g/mol. The van der Waals surface area contributed by atoms with E-state index < -0.39 is 12.0 Å². The monoisotopic (exact) mass is 327 g/mol. The first-order valence-electron chi connectivity index (χ1n) is 7.34. The van der Waals surface area contributed by atoms with E-state index >= 15 is 0 Å². The number of thiophene rings is 1. The van der Waals surface area contributed by atoms with E-state index in [1.165, 1.54) is 0 Å². The standard InChI is InChI=1S/C15H21NO3S2/c1-2-3-4-5-8-13(17)16-11(15(18)19)10-21-14(16)12-7-6-9-20-12/h6-7,9,11,14H,2-5,8,10H2,1H3,(H,18,19). The van der Waals surface area contributed by atoms with Crippen molar-refractivity contribution in [2.24, 2.45) is 0 Å². The highest BCUT2D eigenvalue weighted by atomic mass is 32.2. The molecule has 1 N–H and O–H groups in total. The number of unbranched alkanes of at least 4 members (excludes halogenated alkanes) is 3. The maximum atomic E-state index is 12.5. The van der Waals surface area contributed by atoms with Gasteiger partial charge in [-0.05, 0) is 17.9 Å². The summed E-state index contributed by atoms with van der Waals surface area (Å²) in [5.41, 5.74) is 0. The van der Waals surface area contributed by atoms with Crippen LogP contribution in [0.4, 0.5) is 0 Å². The second kappa shape index (κ2) is 7.84. The van der Waals surface area contributed by atoms with Crippen LogP contribution in [-0.4, -0.2) is 33.7 Å². The minimum atomic E-state index is -0.900. The third-order valence-electron chi connectivity index (χ3n) is 3.60. The highest BCUT2D eigenvalue weighted by molar-refractivity contribution is 7.99. The van der Waals surface area contributed by atoms with Crippen molar-refractivity contribution in [2.75, 3.05) is 5.75 Å². The number of aliphatic carboxylic acids is 1. The van der Waals surface area contributed by atoms with Gasteiger partial charge in [-0.1, -0.05) is 32.3 Å². The minimum Gasteiger partial charge on any atom is -0.480 e. The molecule has 21 heavy (non-hydrogen) atoms.